The molecule has 7 nitrogen and oxygen atoms in total. The predicted octanol–water partition coefficient (Wildman–Crippen LogP) is 3.63. The Bertz CT molecular complexity index is 786. The summed E-state index contributed by atoms with van der Waals surface area (Å²) in [6, 6.07) is 5.39. The van der Waals surface area contributed by atoms with Crippen LogP contribution in [-0.2, 0) is 4.79 Å². The first-order valence-corrected chi connectivity index (χ1v) is 8.74. The van der Waals surface area contributed by atoms with Gasteiger partial charge in [0.2, 0.25) is 5.89 Å². The average Bonchev–Trinajstić information content (AvgIpc) is 3.11. The number of nitrogens with zero attached hydrogens (tertiary/aromatic N) is 2. The van der Waals surface area contributed by atoms with E-state index >= 15 is 0 Å². The summed E-state index contributed by atoms with van der Waals surface area (Å²) in [5, 5.41) is 21.3. The van der Waals surface area contributed by atoms with Crippen molar-refractivity contribution < 1.29 is 19.1 Å². The number of anilines is 1. The number of carbonyl (C=O) groups is 1. The fourth-order valence-electron chi connectivity index (χ4n) is 3.41. The Kier molecular flexibility index (Phi) is 4.25. The lowest BCUT2D eigenvalue weighted by atomic mass is 9.82. The molecular weight excluding hydrogens is 346 g/mol. The fourth-order valence-corrected chi connectivity index (χ4v) is 3.58. The van der Waals surface area contributed by atoms with Crippen molar-refractivity contribution in [2.45, 2.75) is 37.7 Å². The second-order valence-corrected chi connectivity index (χ2v) is 6.93. The van der Waals surface area contributed by atoms with Gasteiger partial charge in [-0.25, -0.2) is 0 Å². The number of fused-ring (bicyclic) bond motifs is 1. The van der Waals surface area contributed by atoms with Crippen LogP contribution in [0.15, 0.2) is 22.6 Å². The Labute approximate surface area is 149 Å². The van der Waals surface area contributed by atoms with Gasteiger partial charge >= 0.3 is 5.97 Å². The molecule has 0 spiro atoms. The third-order valence-corrected chi connectivity index (χ3v) is 5.08. The molecule has 1 atom stereocenters. The molecule has 0 radical (unpaired) electrons. The zero-order valence-corrected chi connectivity index (χ0v) is 14.2. The van der Waals surface area contributed by atoms with E-state index in [1.165, 1.54) is 0 Å². The van der Waals surface area contributed by atoms with Crippen molar-refractivity contribution in [1.82, 2.24) is 10.2 Å². The lowest BCUT2D eigenvalue weighted by Gasteiger charge is -2.25. The number of nitrogens with one attached hydrogen (secondary N) is 1. The molecule has 1 aliphatic heterocycles. The number of ether oxygens (including phenoxy) is 1. The number of benzene rings is 1. The Morgan fingerprint density at radius 1 is 1.20 bits per heavy atom. The number of carboxylic acids is 1. The highest BCUT2D eigenvalue weighted by Crippen LogP contribution is 2.38. The Morgan fingerprint density at radius 2 is 1.96 bits per heavy atom. The van der Waals surface area contributed by atoms with Crippen LogP contribution in [0.3, 0.4) is 0 Å². The average molecular weight is 364 g/mol. The van der Waals surface area contributed by atoms with Crippen LogP contribution in [0.5, 0.6) is 5.75 Å². The van der Waals surface area contributed by atoms with Gasteiger partial charge in [-0.15, -0.1) is 10.2 Å². The van der Waals surface area contributed by atoms with E-state index in [1.807, 2.05) is 6.07 Å². The maximum absolute atomic E-state index is 11.0. The molecule has 0 bridgehead atoms. The van der Waals surface area contributed by atoms with E-state index in [-0.39, 0.29) is 17.9 Å². The van der Waals surface area contributed by atoms with Gasteiger partial charge in [0.15, 0.2) is 6.10 Å². The van der Waals surface area contributed by atoms with E-state index in [0.717, 1.165) is 18.5 Å². The van der Waals surface area contributed by atoms with Gasteiger partial charge in [0.25, 0.3) is 5.89 Å². The van der Waals surface area contributed by atoms with Crippen LogP contribution in [0.2, 0.25) is 5.02 Å². The molecule has 2 aromatic rings. The van der Waals surface area contributed by atoms with Gasteiger partial charge in [0.1, 0.15) is 5.75 Å². The highest BCUT2D eigenvalue weighted by atomic mass is 35.5. The first-order valence-electron chi connectivity index (χ1n) is 8.36. The molecule has 1 saturated carbocycles. The van der Waals surface area contributed by atoms with Gasteiger partial charge in [-0.05, 0) is 43.9 Å². The molecule has 1 unspecified atom stereocenters. The van der Waals surface area contributed by atoms with E-state index in [2.05, 4.69) is 15.5 Å². The van der Waals surface area contributed by atoms with E-state index in [0.29, 0.717) is 41.9 Å². The van der Waals surface area contributed by atoms with Crippen molar-refractivity contribution in [2.24, 2.45) is 5.92 Å². The van der Waals surface area contributed by atoms with Gasteiger partial charge in [-0.2, -0.15) is 0 Å². The van der Waals surface area contributed by atoms with Crippen LogP contribution in [0.4, 0.5) is 5.69 Å². The molecule has 1 fully saturated rings. The lowest BCUT2D eigenvalue weighted by molar-refractivity contribution is -0.142. The normalized spacial score (nSPS) is 25.6. The molecule has 1 aromatic carbocycles. The summed E-state index contributed by atoms with van der Waals surface area (Å²) in [5.74, 6) is 0.854. The van der Waals surface area contributed by atoms with E-state index in [1.54, 1.807) is 12.1 Å². The monoisotopic (exact) mass is 363 g/mol. The number of carboxylic acid groups (broad SMARTS) is 1. The topological polar surface area (TPSA) is 97.5 Å². The van der Waals surface area contributed by atoms with Gasteiger partial charge in [0.05, 0.1) is 18.2 Å². The van der Waals surface area contributed by atoms with E-state index in [4.69, 9.17) is 25.9 Å². The Hall–Kier alpha value is -2.28. The number of aliphatic carboxylic acids is 1. The largest absolute Gasteiger partial charge is 0.481 e. The van der Waals surface area contributed by atoms with Gasteiger partial charge in [0, 0.05) is 10.9 Å². The SMILES string of the molecule is O=C(O)C1CCC(c2nnc(C3CNc4cc(Cl)ccc4O3)o2)CC1. The maximum Gasteiger partial charge on any atom is 0.306 e. The van der Waals surface area contributed by atoms with Crippen molar-refractivity contribution in [1.29, 1.82) is 0 Å². The summed E-state index contributed by atoms with van der Waals surface area (Å²) >= 11 is 5.98. The first-order chi connectivity index (χ1) is 12.1. The number of aromatic nitrogens is 2. The molecule has 0 saturated heterocycles. The first kappa shape index (κ1) is 16.2. The third kappa shape index (κ3) is 3.28. The van der Waals surface area contributed by atoms with Gasteiger partial charge in [-0.1, -0.05) is 11.6 Å². The minimum absolute atomic E-state index is 0.125. The van der Waals surface area contributed by atoms with Gasteiger partial charge in [-0.3, -0.25) is 4.79 Å². The summed E-state index contributed by atoms with van der Waals surface area (Å²) < 4.78 is 11.8. The number of halogens is 1. The molecule has 1 aliphatic carbocycles. The second-order valence-electron chi connectivity index (χ2n) is 6.49. The summed E-state index contributed by atoms with van der Waals surface area (Å²) in [5.41, 5.74) is 0.843. The molecule has 0 amide bonds. The van der Waals surface area contributed by atoms with Crippen LogP contribution in [0.1, 0.15) is 49.5 Å². The molecule has 1 aromatic heterocycles. The van der Waals surface area contributed by atoms with Gasteiger partial charge < -0.3 is 19.6 Å². The molecule has 2 aliphatic rings. The van der Waals surface area contributed by atoms with E-state index in [9.17, 15) is 4.79 Å². The molecule has 2 N–H and O–H groups in total. The molecular formula is C17H18ClN3O4. The molecule has 4 rings (SSSR count). The van der Waals surface area contributed by atoms with E-state index < -0.39 is 5.97 Å². The standard InChI is InChI=1S/C17H18ClN3O4/c18-11-5-6-13-12(7-11)19-8-14(24-13)16-21-20-15(25-16)9-1-3-10(4-2-9)17(22)23/h5-7,9-10,14,19H,1-4,8H2,(H,22,23). The Balaban J connectivity index is 1.44. The van der Waals surface area contributed by atoms with Crippen LogP contribution in [-0.4, -0.2) is 27.8 Å². The number of rotatable bonds is 3. The van der Waals surface area contributed by atoms with Crippen molar-refractivity contribution in [3.05, 3.63) is 35.0 Å². The van der Waals surface area contributed by atoms with Crippen LogP contribution >= 0.6 is 11.6 Å². The third-order valence-electron chi connectivity index (χ3n) is 4.85. The van der Waals surface area contributed by atoms with Crippen molar-refractivity contribution in [3.63, 3.8) is 0 Å². The van der Waals surface area contributed by atoms with Crippen molar-refractivity contribution in [3.8, 4) is 5.75 Å². The highest BCUT2D eigenvalue weighted by Gasteiger charge is 2.31. The molecule has 132 valence electrons. The summed E-state index contributed by atoms with van der Waals surface area (Å²) in [7, 11) is 0. The molecule has 25 heavy (non-hydrogen) atoms. The van der Waals surface area contributed by atoms with Crippen molar-refractivity contribution in [2.75, 3.05) is 11.9 Å². The van der Waals surface area contributed by atoms with Crippen LogP contribution in [0.25, 0.3) is 0 Å². The Morgan fingerprint density at radius 3 is 2.72 bits per heavy atom. The quantitative estimate of drug-likeness (QED) is 0.859. The predicted molar refractivity (Wildman–Crippen MR) is 89.9 cm³/mol. The highest BCUT2D eigenvalue weighted by molar-refractivity contribution is 6.30. The molecule has 2 heterocycles. The van der Waals surface area contributed by atoms with Crippen molar-refractivity contribution >= 4 is 23.3 Å². The maximum atomic E-state index is 11.0. The lowest BCUT2D eigenvalue weighted by Crippen LogP contribution is -2.23. The van der Waals surface area contributed by atoms with Crippen LogP contribution < -0.4 is 10.1 Å². The smallest absolute Gasteiger partial charge is 0.306 e. The number of hydrogen-bond donors (Lipinski definition) is 2. The fraction of sp³-hybridized carbons (Fsp3) is 0.471. The zero-order chi connectivity index (χ0) is 17.4. The zero-order valence-electron chi connectivity index (χ0n) is 13.4. The minimum atomic E-state index is -0.717. The summed E-state index contributed by atoms with van der Waals surface area (Å²) in [6.45, 7) is 0.515. The second kappa shape index (κ2) is 6.55. The summed E-state index contributed by atoms with van der Waals surface area (Å²) in [6.07, 6.45) is 2.44. The van der Waals surface area contributed by atoms with Crippen LogP contribution in [0, 0.1) is 5.92 Å². The molecule has 8 heteroatoms. The minimum Gasteiger partial charge on any atom is -0.481 e. The summed E-state index contributed by atoms with van der Waals surface area (Å²) in [4.78, 5) is 11.0. The number of hydrogen-bond acceptors (Lipinski definition) is 6.